The summed E-state index contributed by atoms with van der Waals surface area (Å²) < 4.78 is 2.01. The average molecular weight is 430 g/mol. The first-order valence-electron chi connectivity index (χ1n) is 8.94. The maximum atomic E-state index is 11.8. The van der Waals surface area contributed by atoms with Crippen LogP contribution in [0, 0.1) is 0 Å². The number of halogens is 1. The van der Waals surface area contributed by atoms with Crippen LogP contribution in [0.15, 0.2) is 59.8 Å². The molecule has 2 N–H and O–H groups in total. The number of imide groups is 1. The summed E-state index contributed by atoms with van der Waals surface area (Å²) in [6.07, 6.45) is 0.187. The van der Waals surface area contributed by atoms with E-state index >= 15 is 0 Å². The van der Waals surface area contributed by atoms with Crippen molar-refractivity contribution in [2.24, 2.45) is 0 Å². The molecule has 0 saturated carbocycles. The van der Waals surface area contributed by atoms with Gasteiger partial charge < -0.3 is 5.32 Å². The van der Waals surface area contributed by atoms with Crippen molar-refractivity contribution in [3.63, 3.8) is 0 Å². The summed E-state index contributed by atoms with van der Waals surface area (Å²) in [5.41, 5.74) is 2.02. The third-order valence-corrected chi connectivity index (χ3v) is 5.26. The SMILES string of the molecule is CNC(=O)NC(=O)CCSc1nnc(-c2ccc(Cl)cc2)n1Cc1ccccc1. The summed E-state index contributed by atoms with van der Waals surface area (Å²) in [6, 6.07) is 16.9. The molecule has 0 aliphatic heterocycles. The summed E-state index contributed by atoms with van der Waals surface area (Å²) in [5.74, 6) is 0.850. The van der Waals surface area contributed by atoms with E-state index in [1.54, 1.807) is 0 Å². The largest absolute Gasteiger partial charge is 0.341 e. The van der Waals surface area contributed by atoms with Crippen LogP contribution >= 0.6 is 23.4 Å². The fourth-order valence-corrected chi connectivity index (χ4v) is 3.60. The van der Waals surface area contributed by atoms with Crippen molar-refractivity contribution in [3.8, 4) is 11.4 Å². The minimum Gasteiger partial charge on any atom is -0.341 e. The van der Waals surface area contributed by atoms with E-state index < -0.39 is 6.03 Å². The highest BCUT2D eigenvalue weighted by molar-refractivity contribution is 7.99. The highest BCUT2D eigenvalue weighted by Gasteiger charge is 2.16. The molecule has 1 aromatic heterocycles. The minimum absolute atomic E-state index is 0.187. The standard InChI is InChI=1S/C20H20ClN5O2S/c1-22-19(28)23-17(27)11-12-29-20-25-24-18(15-7-9-16(21)10-8-15)26(20)13-14-5-3-2-4-6-14/h2-10H,11-13H2,1H3,(H2,22,23,27,28). The van der Waals surface area contributed by atoms with Crippen molar-refractivity contribution in [1.82, 2.24) is 25.4 Å². The number of hydrogen-bond donors (Lipinski definition) is 2. The number of nitrogens with zero attached hydrogens (tertiary/aromatic N) is 3. The van der Waals surface area contributed by atoms with Crippen LogP contribution < -0.4 is 10.6 Å². The molecule has 0 aliphatic carbocycles. The molecule has 0 unspecified atom stereocenters. The molecule has 150 valence electrons. The predicted octanol–water partition coefficient (Wildman–Crippen LogP) is 3.58. The Bertz CT molecular complexity index is 976. The first kappa shape index (κ1) is 20.9. The molecule has 7 nitrogen and oxygen atoms in total. The van der Waals surface area contributed by atoms with Crippen molar-refractivity contribution >= 4 is 35.3 Å². The molecule has 9 heteroatoms. The Morgan fingerprint density at radius 2 is 1.79 bits per heavy atom. The summed E-state index contributed by atoms with van der Waals surface area (Å²) in [6.45, 7) is 0.596. The number of benzene rings is 2. The highest BCUT2D eigenvalue weighted by atomic mass is 35.5. The van der Waals surface area contributed by atoms with E-state index in [9.17, 15) is 9.59 Å². The predicted molar refractivity (Wildman–Crippen MR) is 114 cm³/mol. The molecule has 0 radical (unpaired) electrons. The van der Waals surface area contributed by atoms with Gasteiger partial charge in [0.2, 0.25) is 5.91 Å². The number of aromatic nitrogens is 3. The molecular formula is C20H20ClN5O2S. The van der Waals surface area contributed by atoms with Gasteiger partial charge in [0.25, 0.3) is 0 Å². The van der Waals surface area contributed by atoms with Gasteiger partial charge in [0.15, 0.2) is 11.0 Å². The number of urea groups is 1. The van der Waals surface area contributed by atoms with Crippen LogP contribution in [-0.2, 0) is 11.3 Å². The molecule has 29 heavy (non-hydrogen) atoms. The lowest BCUT2D eigenvalue weighted by Gasteiger charge is -2.10. The minimum atomic E-state index is -0.516. The van der Waals surface area contributed by atoms with Crippen LogP contribution in [0.5, 0.6) is 0 Å². The van der Waals surface area contributed by atoms with Gasteiger partial charge in [-0.2, -0.15) is 0 Å². The summed E-state index contributed by atoms with van der Waals surface area (Å²) in [7, 11) is 1.46. The maximum Gasteiger partial charge on any atom is 0.321 e. The molecule has 0 fully saturated rings. The molecule has 3 amide bonds. The Morgan fingerprint density at radius 3 is 2.48 bits per heavy atom. The van der Waals surface area contributed by atoms with Crippen molar-refractivity contribution in [2.45, 2.75) is 18.1 Å². The van der Waals surface area contributed by atoms with Crippen LogP contribution in [-0.4, -0.2) is 39.5 Å². The Kier molecular flexibility index (Phi) is 7.26. The molecule has 3 rings (SSSR count). The van der Waals surface area contributed by atoms with Crippen molar-refractivity contribution < 1.29 is 9.59 Å². The molecule has 0 aliphatic rings. The summed E-state index contributed by atoms with van der Waals surface area (Å²) >= 11 is 7.42. The first-order chi connectivity index (χ1) is 14.1. The number of nitrogens with one attached hydrogen (secondary N) is 2. The third kappa shape index (κ3) is 5.82. The average Bonchev–Trinajstić information content (AvgIpc) is 3.11. The Morgan fingerprint density at radius 1 is 1.07 bits per heavy atom. The van der Waals surface area contributed by atoms with Gasteiger partial charge in [-0.15, -0.1) is 10.2 Å². The van der Waals surface area contributed by atoms with Gasteiger partial charge in [-0.05, 0) is 29.8 Å². The lowest BCUT2D eigenvalue weighted by Crippen LogP contribution is -2.37. The lowest BCUT2D eigenvalue weighted by molar-refractivity contribution is -0.119. The Hall–Kier alpha value is -2.84. The van der Waals surface area contributed by atoms with E-state index in [1.807, 2.05) is 59.2 Å². The molecular weight excluding hydrogens is 410 g/mol. The second-order valence-corrected chi connectivity index (χ2v) is 7.61. The van der Waals surface area contributed by atoms with Crippen LogP contribution in [0.1, 0.15) is 12.0 Å². The second kappa shape index (κ2) is 10.1. The van der Waals surface area contributed by atoms with Gasteiger partial charge in [-0.1, -0.05) is 53.7 Å². The van der Waals surface area contributed by atoms with Gasteiger partial charge in [-0.25, -0.2) is 4.79 Å². The number of carbonyl (C=O) groups is 2. The second-order valence-electron chi connectivity index (χ2n) is 6.11. The number of amides is 3. The molecule has 0 saturated heterocycles. The van der Waals surface area contributed by atoms with Crippen LogP contribution in [0.3, 0.4) is 0 Å². The topological polar surface area (TPSA) is 88.9 Å². The monoisotopic (exact) mass is 429 g/mol. The van der Waals surface area contributed by atoms with Gasteiger partial charge in [-0.3, -0.25) is 14.7 Å². The number of rotatable bonds is 7. The van der Waals surface area contributed by atoms with Gasteiger partial charge in [0.05, 0.1) is 6.54 Å². The van der Waals surface area contributed by atoms with Gasteiger partial charge in [0.1, 0.15) is 0 Å². The molecule has 0 spiro atoms. The zero-order valence-electron chi connectivity index (χ0n) is 15.8. The van der Waals surface area contributed by atoms with Crippen LogP contribution in [0.25, 0.3) is 11.4 Å². The maximum absolute atomic E-state index is 11.8. The van der Waals surface area contributed by atoms with E-state index in [0.717, 1.165) is 17.0 Å². The molecule has 0 atom stereocenters. The first-order valence-corrected chi connectivity index (χ1v) is 10.3. The zero-order chi connectivity index (χ0) is 20.6. The van der Waals surface area contributed by atoms with E-state index in [4.69, 9.17) is 11.6 Å². The van der Waals surface area contributed by atoms with E-state index in [-0.39, 0.29) is 12.3 Å². The quantitative estimate of drug-likeness (QED) is 0.560. The van der Waals surface area contributed by atoms with E-state index in [0.29, 0.717) is 22.5 Å². The van der Waals surface area contributed by atoms with Crippen LogP contribution in [0.4, 0.5) is 4.79 Å². The van der Waals surface area contributed by atoms with Crippen LogP contribution in [0.2, 0.25) is 5.02 Å². The lowest BCUT2D eigenvalue weighted by atomic mass is 10.2. The molecule has 1 heterocycles. The third-order valence-electron chi connectivity index (χ3n) is 4.04. The fraction of sp³-hybridized carbons (Fsp3) is 0.200. The van der Waals surface area contributed by atoms with Crippen molar-refractivity contribution in [1.29, 1.82) is 0 Å². The fourth-order valence-electron chi connectivity index (χ4n) is 2.60. The van der Waals surface area contributed by atoms with Gasteiger partial charge >= 0.3 is 6.03 Å². The van der Waals surface area contributed by atoms with E-state index in [1.165, 1.54) is 18.8 Å². The summed E-state index contributed by atoms with van der Waals surface area (Å²) in [4.78, 5) is 23.0. The number of carbonyl (C=O) groups excluding carboxylic acids is 2. The summed E-state index contributed by atoms with van der Waals surface area (Å²) in [5, 5.41) is 14.6. The van der Waals surface area contributed by atoms with E-state index in [2.05, 4.69) is 20.8 Å². The smallest absolute Gasteiger partial charge is 0.321 e. The highest BCUT2D eigenvalue weighted by Crippen LogP contribution is 2.26. The van der Waals surface area contributed by atoms with Crippen molar-refractivity contribution in [3.05, 3.63) is 65.2 Å². The number of hydrogen-bond acceptors (Lipinski definition) is 5. The van der Waals surface area contributed by atoms with Gasteiger partial charge in [0, 0.05) is 29.8 Å². The molecule has 2 aromatic carbocycles. The number of thioether (sulfide) groups is 1. The Balaban J connectivity index is 1.78. The molecule has 0 bridgehead atoms. The zero-order valence-corrected chi connectivity index (χ0v) is 17.3. The Labute approximate surface area is 177 Å². The normalized spacial score (nSPS) is 10.6. The molecule has 3 aromatic rings. The van der Waals surface area contributed by atoms with Crippen molar-refractivity contribution in [2.75, 3.05) is 12.8 Å².